The SMILES string of the molecule is CCC(c1ccccc1)c1ccc(C(=O)c2ccc(C(CC)c3ccccc3)cc2)cc1. The highest BCUT2D eigenvalue weighted by Crippen LogP contribution is 2.30. The van der Waals surface area contributed by atoms with Crippen molar-refractivity contribution in [3.63, 3.8) is 0 Å². The van der Waals surface area contributed by atoms with Gasteiger partial charge in [0.15, 0.2) is 5.78 Å². The van der Waals surface area contributed by atoms with Crippen LogP contribution in [0.5, 0.6) is 0 Å². The lowest BCUT2D eigenvalue weighted by Gasteiger charge is -2.17. The molecule has 0 saturated heterocycles. The van der Waals surface area contributed by atoms with Crippen LogP contribution in [0, 0.1) is 0 Å². The number of carbonyl (C=O) groups excluding carboxylic acids is 1. The van der Waals surface area contributed by atoms with E-state index in [0.717, 1.165) is 24.0 Å². The maximum Gasteiger partial charge on any atom is 0.193 e. The quantitative estimate of drug-likeness (QED) is 0.265. The highest BCUT2D eigenvalue weighted by atomic mass is 16.1. The Morgan fingerprint density at radius 3 is 1.12 bits per heavy atom. The monoisotopic (exact) mass is 418 g/mol. The highest BCUT2D eigenvalue weighted by Gasteiger charge is 2.16. The minimum Gasteiger partial charge on any atom is -0.289 e. The van der Waals surface area contributed by atoms with Gasteiger partial charge in [0, 0.05) is 23.0 Å². The maximum absolute atomic E-state index is 13.1. The molecule has 0 heterocycles. The predicted molar refractivity (Wildman–Crippen MR) is 133 cm³/mol. The van der Waals surface area contributed by atoms with Crippen LogP contribution in [0.3, 0.4) is 0 Å². The van der Waals surface area contributed by atoms with Crippen molar-refractivity contribution < 1.29 is 4.79 Å². The molecule has 0 aromatic heterocycles. The lowest BCUT2D eigenvalue weighted by Crippen LogP contribution is -2.05. The number of hydrogen-bond acceptors (Lipinski definition) is 1. The summed E-state index contributed by atoms with van der Waals surface area (Å²) in [6, 6.07) is 37.4. The molecule has 4 aromatic rings. The topological polar surface area (TPSA) is 17.1 Å². The molecule has 1 nitrogen and oxygen atoms in total. The Balaban J connectivity index is 1.52. The minimum absolute atomic E-state index is 0.0728. The van der Waals surface area contributed by atoms with Gasteiger partial charge in [0.1, 0.15) is 0 Å². The number of carbonyl (C=O) groups is 1. The van der Waals surface area contributed by atoms with Crippen LogP contribution >= 0.6 is 0 Å². The first-order valence-electron chi connectivity index (χ1n) is 11.6. The highest BCUT2D eigenvalue weighted by molar-refractivity contribution is 6.09. The van der Waals surface area contributed by atoms with Crippen molar-refractivity contribution in [2.75, 3.05) is 0 Å². The van der Waals surface area contributed by atoms with Crippen molar-refractivity contribution in [2.45, 2.75) is 38.5 Å². The van der Waals surface area contributed by atoms with Gasteiger partial charge in [0.25, 0.3) is 0 Å². The summed E-state index contributed by atoms with van der Waals surface area (Å²) in [7, 11) is 0. The Hall–Kier alpha value is -3.45. The van der Waals surface area contributed by atoms with E-state index in [4.69, 9.17) is 0 Å². The molecule has 4 rings (SSSR count). The Kier molecular flexibility index (Phi) is 6.97. The van der Waals surface area contributed by atoms with E-state index >= 15 is 0 Å². The number of benzene rings is 4. The lowest BCUT2D eigenvalue weighted by molar-refractivity contribution is 0.103. The summed E-state index contributed by atoms with van der Waals surface area (Å²) in [4.78, 5) is 13.1. The molecule has 1 heteroatoms. The molecule has 2 unspecified atom stereocenters. The van der Waals surface area contributed by atoms with Crippen LogP contribution in [0.2, 0.25) is 0 Å². The van der Waals surface area contributed by atoms with E-state index in [9.17, 15) is 4.79 Å². The zero-order valence-electron chi connectivity index (χ0n) is 18.9. The van der Waals surface area contributed by atoms with E-state index < -0.39 is 0 Å². The van der Waals surface area contributed by atoms with Gasteiger partial charge in [-0.15, -0.1) is 0 Å². The van der Waals surface area contributed by atoms with E-state index in [-0.39, 0.29) is 5.78 Å². The fourth-order valence-corrected chi connectivity index (χ4v) is 4.60. The zero-order valence-corrected chi connectivity index (χ0v) is 18.9. The predicted octanol–water partition coefficient (Wildman–Crippen LogP) is 8.00. The molecule has 0 bridgehead atoms. The van der Waals surface area contributed by atoms with Crippen molar-refractivity contribution in [3.05, 3.63) is 143 Å². The Morgan fingerprint density at radius 1 is 0.500 bits per heavy atom. The largest absolute Gasteiger partial charge is 0.289 e. The average Bonchev–Trinajstić information content (AvgIpc) is 2.87. The van der Waals surface area contributed by atoms with Crippen LogP contribution in [0.4, 0.5) is 0 Å². The molecule has 0 aliphatic heterocycles. The summed E-state index contributed by atoms with van der Waals surface area (Å²) < 4.78 is 0. The van der Waals surface area contributed by atoms with E-state index in [2.05, 4.69) is 86.6 Å². The molecule has 0 N–H and O–H groups in total. The van der Waals surface area contributed by atoms with E-state index in [1.165, 1.54) is 22.3 Å². The fourth-order valence-electron chi connectivity index (χ4n) is 4.60. The third-order valence-corrected chi connectivity index (χ3v) is 6.37. The van der Waals surface area contributed by atoms with Crippen LogP contribution < -0.4 is 0 Å². The summed E-state index contributed by atoms with van der Waals surface area (Å²) in [6.07, 6.45) is 2.05. The summed E-state index contributed by atoms with van der Waals surface area (Å²) in [5.41, 5.74) is 6.60. The molecule has 0 spiro atoms. The summed E-state index contributed by atoms with van der Waals surface area (Å²) in [6.45, 7) is 4.41. The number of hydrogen-bond donors (Lipinski definition) is 0. The van der Waals surface area contributed by atoms with Crippen LogP contribution in [-0.2, 0) is 0 Å². The number of rotatable bonds is 8. The minimum atomic E-state index is 0.0728. The van der Waals surface area contributed by atoms with E-state index in [0.29, 0.717) is 11.8 Å². The third kappa shape index (κ3) is 4.73. The van der Waals surface area contributed by atoms with Crippen LogP contribution in [0.1, 0.15) is 76.7 Å². The van der Waals surface area contributed by atoms with Gasteiger partial charge in [0.2, 0.25) is 0 Å². The molecule has 0 saturated carbocycles. The first kappa shape index (κ1) is 21.8. The van der Waals surface area contributed by atoms with Crippen molar-refractivity contribution in [1.29, 1.82) is 0 Å². The molecular formula is C31H30O. The van der Waals surface area contributed by atoms with Gasteiger partial charge in [-0.2, -0.15) is 0 Å². The molecular weight excluding hydrogens is 388 g/mol. The van der Waals surface area contributed by atoms with Gasteiger partial charge < -0.3 is 0 Å². The van der Waals surface area contributed by atoms with Gasteiger partial charge >= 0.3 is 0 Å². The average molecular weight is 419 g/mol. The Labute approximate surface area is 191 Å². The molecule has 0 fully saturated rings. The van der Waals surface area contributed by atoms with E-state index in [1.807, 2.05) is 36.4 Å². The first-order valence-corrected chi connectivity index (χ1v) is 11.6. The molecule has 32 heavy (non-hydrogen) atoms. The molecule has 0 amide bonds. The van der Waals surface area contributed by atoms with Crippen molar-refractivity contribution in [2.24, 2.45) is 0 Å². The Morgan fingerprint density at radius 2 is 0.812 bits per heavy atom. The lowest BCUT2D eigenvalue weighted by atomic mass is 9.87. The van der Waals surface area contributed by atoms with Crippen molar-refractivity contribution in [3.8, 4) is 0 Å². The van der Waals surface area contributed by atoms with Gasteiger partial charge in [-0.3, -0.25) is 4.79 Å². The second-order valence-corrected chi connectivity index (χ2v) is 8.32. The molecule has 0 aliphatic rings. The fraction of sp³-hybridized carbons (Fsp3) is 0.194. The summed E-state index contributed by atoms with van der Waals surface area (Å²) >= 11 is 0. The molecule has 0 radical (unpaired) electrons. The van der Waals surface area contributed by atoms with Crippen LogP contribution in [-0.4, -0.2) is 5.78 Å². The molecule has 4 aromatic carbocycles. The summed E-state index contributed by atoms with van der Waals surface area (Å²) in [5.74, 6) is 0.774. The molecule has 0 aliphatic carbocycles. The van der Waals surface area contributed by atoms with Gasteiger partial charge in [-0.1, -0.05) is 123 Å². The zero-order chi connectivity index (χ0) is 22.3. The first-order chi connectivity index (χ1) is 15.7. The van der Waals surface area contributed by atoms with Crippen molar-refractivity contribution in [1.82, 2.24) is 0 Å². The summed E-state index contributed by atoms with van der Waals surface area (Å²) in [5, 5.41) is 0. The second kappa shape index (κ2) is 10.2. The number of ketones is 1. The maximum atomic E-state index is 13.1. The normalized spacial score (nSPS) is 12.8. The molecule has 160 valence electrons. The van der Waals surface area contributed by atoms with Gasteiger partial charge in [-0.25, -0.2) is 0 Å². The van der Waals surface area contributed by atoms with Crippen LogP contribution in [0.15, 0.2) is 109 Å². The van der Waals surface area contributed by atoms with Crippen molar-refractivity contribution >= 4 is 5.78 Å². The third-order valence-electron chi connectivity index (χ3n) is 6.37. The standard InChI is InChI=1S/C31H30O/c1-3-29(23-11-7-5-8-12-23)25-15-19-27(20-16-25)31(32)28-21-17-26(18-22-28)30(4-2)24-13-9-6-10-14-24/h5-22,29-30H,3-4H2,1-2H3. The van der Waals surface area contributed by atoms with Gasteiger partial charge in [-0.05, 0) is 35.1 Å². The van der Waals surface area contributed by atoms with Crippen LogP contribution in [0.25, 0.3) is 0 Å². The smallest absolute Gasteiger partial charge is 0.193 e. The second-order valence-electron chi connectivity index (χ2n) is 8.32. The van der Waals surface area contributed by atoms with E-state index in [1.54, 1.807) is 0 Å². The Bertz CT molecular complexity index is 1030. The molecule has 2 atom stereocenters. The van der Waals surface area contributed by atoms with Gasteiger partial charge in [0.05, 0.1) is 0 Å².